The highest BCUT2D eigenvalue weighted by Gasteiger charge is 2.24. The van der Waals surface area contributed by atoms with E-state index in [1.807, 2.05) is 36.4 Å². The Hall–Kier alpha value is -3.58. The second-order valence-electron chi connectivity index (χ2n) is 9.19. The summed E-state index contributed by atoms with van der Waals surface area (Å²) in [5.41, 5.74) is 6.43. The molecule has 4 aromatic rings. The lowest BCUT2D eigenvalue weighted by Crippen LogP contribution is -2.32. The molecule has 2 aromatic carbocycles. The third-order valence-corrected chi connectivity index (χ3v) is 7.01. The van der Waals surface area contributed by atoms with Gasteiger partial charge in [0.2, 0.25) is 0 Å². The summed E-state index contributed by atoms with van der Waals surface area (Å²) in [5.74, 6) is 0.344. The first-order chi connectivity index (χ1) is 16.8. The summed E-state index contributed by atoms with van der Waals surface area (Å²) >= 11 is 0. The Bertz CT molecular complexity index is 1270. The monoisotopic (exact) mass is 452 g/mol. The fraction of sp³-hybridized carbons (Fsp3) is 0.333. The van der Waals surface area contributed by atoms with Gasteiger partial charge in [-0.1, -0.05) is 41.5 Å². The van der Waals surface area contributed by atoms with Crippen LogP contribution >= 0.6 is 0 Å². The first-order valence-corrected chi connectivity index (χ1v) is 12.2. The average molecular weight is 453 g/mol. The predicted molar refractivity (Wildman–Crippen MR) is 132 cm³/mol. The number of anilines is 2. The standard InChI is InChI=1S/C27H28N6O/c1-2-6-19(7-3-1)22-17-25(30-28-18-22)26-31-32-27(34-26)29-23-11-8-20-9-12-24(13-10-21(20)16-23)33-14-4-5-15-33/h1-3,6-8,11,16-18,24H,4-5,9-10,12-15H2,(H,29,32). The summed E-state index contributed by atoms with van der Waals surface area (Å²) in [6, 6.07) is 19.6. The molecule has 34 heavy (non-hydrogen) atoms. The molecule has 2 aliphatic rings. The fourth-order valence-corrected chi connectivity index (χ4v) is 5.20. The van der Waals surface area contributed by atoms with E-state index in [0.717, 1.165) is 35.7 Å². The molecule has 1 saturated heterocycles. The van der Waals surface area contributed by atoms with Crippen molar-refractivity contribution < 1.29 is 4.42 Å². The number of benzene rings is 2. The molecule has 1 unspecified atom stereocenters. The first kappa shape index (κ1) is 21.0. The Morgan fingerprint density at radius 2 is 1.65 bits per heavy atom. The molecule has 7 heteroatoms. The van der Waals surface area contributed by atoms with Crippen LogP contribution in [0.15, 0.2) is 65.2 Å². The number of nitrogens with one attached hydrogen (secondary N) is 1. The largest absolute Gasteiger partial charge is 0.401 e. The normalized spacial score (nSPS) is 18.4. The fourth-order valence-electron chi connectivity index (χ4n) is 5.20. The summed E-state index contributed by atoms with van der Waals surface area (Å²) in [4.78, 5) is 2.70. The third-order valence-electron chi connectivity index (χ3n) is 7.01. The van der Waals surface area contributed by atoms with Gasteiger partial charge in [-0.25, -0.2) is 0 Å². The van der Waals surface area contributed by atoms with Crippen molar-refractivity contribution >= 4 is 11.7 Å². The van der Waals surface area contributed by atoms with Crippen LogP contribution in [-0.2, 0) is 12.8 Å². The van der Waals surface area contributed by atoms with Crippen molar-refractivity contribution in [2.75, 3.05) is 18.4 Å². The molecule has 1 N–H and O–H groups in total. The summed E-state index contributed by atoms with van der Waals surface area (Å²) in [5, 5.41) is 20.0. The van der Waals surface area contributed by atoms with Gasteiger partial charge < -0.3 is 14.6 Å². The Morgan fingerprint density at radius 3 is 2.50 bits per heavy atom. The van der Waals surface area contributed by atoms with Crippen LogP contribution < -0.4 is 5.32 Å². The molecule has 2 aromatic heterocycles. The molecule has 0 amide bonds. The summed E-state index contributed by atoms with van der Waals surface area (Å²) in [7, 11) is 0. The number of hydrogen-bond donors (Lipinski definition) is 1. The van der Waals surface area contributed by atoms with E-state index in [2.05, 4.69) is 48.8 Å². The molecule has 3 heterocycles. The molecule has 1 aliphatic carbocycles. The van der Waals surface area contributed by atoms with E-state index in [1.165, 1.54) is 49.9 Å². The number of fused-ring (bicyclic) bond motifs is 1. The Labute approximate surface area is 199 Å². The number of likely N-dealkylation sites (tertiary alicyclic amines) is 1. The molecule has 1 aliphatic heterocycles. The van der Waals surface area contributed by atoms with Crippen molar-refractivity contribution in [3.8, 4) is 22.7 Å². The number of aromatic nitrogens is 4. The SMILES string of the molecule is c1ccc(-c2cnnc(-c3nnc(Nc4ccc5c(c4)CCC(N4CCCC4)CC5)o3)c2)cc1. The van der Waals surface area contributed by atoms with Gasteiger partial charge >= 0.3 is 6.01 Å². The van der Waals surface area contributed by atoms with Gasteiger partial charge in [0.15, 0.2) is 5.69 Å². The lowest BCUT2D eigenvalue weighted by molar-refractivity contribution is 0.222. The van der Waals surface area contributed by atoms with Gasteiger partial charge in [0.1, 0.15) is 0 Å². The summed E-state index contributed by atoms with van der Waals surface area (Å²) in [6.07, 6.45) is 9.20. The van der Waals surface area contributed by atoms with Gasteiger partial charge in [-0.2, -0.15) is 5.10 Å². The zero-order chi connectivity index (χ0) is 22.7. The molecule has 1 fully saturated rings. The average Bonchev–Trinajstić information content (AvgIpc) is 3.54. The van der Waals surface area contributed by atoms with E-state index < -0.39 is 0 Å². The Balaban J connectivity index is 1.16. The van der Waals surface area contributed by atoms with E-state index in [9.17, 15) is 0 Å². The van der Waals surface area contributed by atoms with E-state index in [4.69, 9.17) is 4.42 Å². The van der Waals surface area contributed by atoms with Crippen molar-refractivity contribution in [2.45, 2.75) is 44.6 Å². The van der Waals surface area contributed by atoms with Crippen molar-refractivity contribution in [1.29, 1.82) is 0 Å². The lowest BCUT2D eigenvalue weighted by Gasteiger charge is -2.25. The second kappa shape index (κ2) is 9.35. The molecule has 0 bridgehead atoms. The number of hydrogen-bond acceptors (Lipinski definition) is 7. The maximum Gasteiger partial charge on any atom is 0.320 e. The minimum atomic E-state index is 0.344. The highest BCUT2D eigenvalue weighted by Crippen LogP contribution is 2.29. The molecule has 0 saturated carbocycles. The van der Waals surface area contributed by atoms with Crippen LogP contribution in [0.4, 0.5) is 11.7 Å². The quantitative estimate of drug-likeness (QED) is 0.413. The van der Waals surface area contributed by atoms with Gasteiger partial charge in [-0.15, -0.1) is 10.2 Å². The molecule has 172 valence electrons. The van der Waals surface area contributed by atoms with Crippen LogP contribution in [0.25, 0.3) is 22.7 Å². The highest BCUT2D eigenvalue weighted by atomic mass is 16.4. The molecular formula is C27H28N6O. The van der Waals surface area contributed by atoms with E-state index in [1.54, 1.807) is 6.20 Å². The van der Waals surface area contributed by atoms with E-state index in [-0.39, 0.29) is 0 Å². The minimum absolute atomic E-state index is 0.344. The predicted octanol–water partition coefficient (Wildman–Crippen LogP) is 5.28. The van der Waals surface area contributed by atoms with Gasteiger partial charge in [0.25, 0.3) is 5.89 Å². The zero-order valence-electron chi connectivity index (χ0n) is 19.2. The van der Waals surface area contributed by atoms with Crippen LogP contribution in [0.2, 0.25) is 0 Å². The molecule has 0 spiro atoms. The van der Waals surface area contributed by atoms with Crippen LogP contribution in [0, 0.1) is 0 Å². The number of nitrogens with zero attached hydrogens (tertiary/aromatic N) is 5. The van der Waals surface area contributed by atoms with Crippen LogP contribution in [0.5, 0.6) is 0 Å². The zero-order valence-corrected chi connectivity index (χ0v) is 19.2. The third kappa shape index (κ3) is 4.43. The van der Waals surface area contributed by atoms with Gasteiger partial charge in [-0.3, -0.25) is 0 Å². The van der Waals surface area contributed by atoms with Crippen molar-refractivity contribution in [3.05, 3.63) is 71.9 Å². The van der Waals surface area contributed by atoms with Gasteiger partial charge in [0.05, 0.1) is 6.20 Å². The van der Waals surface area contributed by atoms with Crippen molar-refractivity contribution in [3.63, 3.8) is 0 Å². The van der Waals surface area contributed by atoms with Crippen LogP contribution in [-0.4, -0.2) is 44.4 Å². The Morgan fingerprint density at radius 1 is 0.824 bits per heavy atom. The maximum atomic E-state index is 5.88. The lowest BCUT2D eigenvalue weighted by atomic mass is 10.0. The van der Waals surface area contributed by atoms with E-state index in [0.29, 0.717) is 17.6 Å². The van der Waals surface area contributed by atoms with E-state index >= 15 is 0 Å². The molecule has 7 nitrogen and oxygen atoms in total. The van der Waals surface area contributed by atoms with Crippen molar-refractivity contribution in [2.24, 2.45) is 0 Å². The second-order valence-corrected chi connectivity index (χ2v) is 9.19. The number of rotatable bonds is 5. The van der Waals surface area contributed by atoms with Gasteiger partial charge in [0, 0.05) is 17.3 Å². The maximum absolute atomic E-state index is 5.88. The molecule has 1 atom stereocenters. The van der Waals surface area contributed by atoms with Crippen LogP contribution in [0.1, 0.15) is 36.8 Å². The van der Waals surface area contributed by atoms with Crippen molar-refractivity contribution in [1.82, 2.24) is 25.3 Å². The first-order valence-electron chi connectivity index (χ1n) is 12.2. The Kier molecular flexibility index (Phi) is 5.77. The summed E-state index contributed by atoms with van der Waals surface area (Å²) in [6.45, 7) is 2.54. The molecule has 6 rings (SSSR count). The number of aryl methyl sites for hydroxylation is 2. The highest BCUT2D eigenvalue weighted by molar-refractivity contribution is 5.66. The minimum Gasteiger partial charge on any atom is -0.401 e. The smallest absolute Gasteiger partial charge is 0.320 e. The summed E-state index contributed by atoms with van der Waals surface area (Å²) < 4.78 is 5.88. The van der Waals surface area contributed by atoms with Gasteiger partial charge in [-0.05, 0) is 86.5 Å². The molecule has 0 radical (unpaired) electrons. The molecular weight excluding hydrogens is 424 g/mol. The van der Waals surface area contributed by atoms with Crippen LogP contribution in [0.3, 0.4) is 0 Å². The topological polar surface area (TPSA) is 80.0 Å².